The number of benzene rings is 1. The van der Waals surface area contributed by atoms with Gasteiger partial charge in [-0.15, -0.1) is 0 Å². The largest absolute Gasteiger partial charge is 0.404 e. The van der Waals surface area contributed by atoms with Crippen molar-refractivity contribution in [2.45, 2.75) is 39.4 Å². The van der Waals surface area contributed by atoms with Gasteiger partial charge in [0.2, 0.25) is 0 Å². The number of nitrogens with one attached hydrogen (secondary N) is 1. The minimum atomic E-state index is -1.97. The molecule has 0 aliphatic rings. The predicted octanol–water partition coefficient (Wildman–Crippen LogP) is 3.09. The van der Waals surface area contributed by atoms with E-state index in [0.717, 1.165) is 24.7 Å². The third kappa shape index (κ3) is 7.74. The van der Waals surface area contributed by atoms with E-state index in [2.05, 4.69) is 5.32 Å². The summed E-state index contributed by atoms with van der Waals surface area (Å²) in [5, 5.41) is 3.38. The molecule has 0 amide bonds. The average Bonchev–Trinajstić information content (AvgIpc) is 2.59. The van der Waals surface area contributed by atoms with Gasteiger partial charge in [0.15, 0.2) is 0 Å². The lowest BCUT2D eigenvalue weighted by Crippen LogP contribution is -2.47. The summed E-state index contributed by atoms with van der Waals surface area (Å²) in [6, 6.07) is 10.9. The summed E-state index contributed by atoms with van der Waals surface area (Å²) in [5.41, 5.74) is 1.11. The van der Waals surface area contributed by atoms with Gasteiger partial charge in [-0.05, 0) is 45.4 Å². The van der Waals surface area contributed by atoms with Crippen molar-refractivity contribution in [1.82, 2.24) is 0 Å². The van der Waals surface area contributed by atoms with E-state index in [4.69, 9.17) is 23.1 Å². The summed E-state index contributed by atoms with van der Waals surface area (Å²) >= 11 is 0. The standard InChI is InChI=1S/C17H31NO5Si/c1-5-20-17(21-6-2,22-7-3)23-24(19-4)15-11-14-18-16-12-9-8-10-13-16/h8-10,12-13,18,24H,5-7,11,14-15H2,1-4H3. The lowest BCUT2D eigenvalue weighted by Gasteiger charge is -2.33. The predicted molar refractivity (Wildman–Crippen MR) is 97.2 cm³/mol. The van der Waals surface area contributed by atoms with Gasteiger partial charge >= 0.3 is 15.4 Å². The van der Waals surface area contributed by atoms with Crippen molar-refractivity contribution in [3.05, 3.63) is 30.3 Å². The van der Waals surface area contributed by atoms with Crippen LogP contribution in [0.3, 0.4) is 0 Å². The molecule has 0 radical (unpaired) electrons. The first kappa shape index (κ1) is 21.1. The van der Waals surface area contributed by atoms with Crippen molar-refractivity contribution in [3.63, 3.8) is 0 Å². The SMILES string of the molecule is CCOC(OCC)(OCC)O[SiH](CCCNc1ccccc1)OC. The van der Waals surface area contributed by atoms with E-state index < -0.39 is 15.4 Å². The van der Waals surface area contributed by atoms with Crippen molar-refractivity contribution < 1.29 is 23.1 Å². The first-order valence-electron chi connectivity index (χ1n) is 8.61. The van der Waals surface area contributed by atoms with Gasteiger partial charge < -0.3 is 28.4 Å². The molecule has 0 spiro atoms. The Kier molecular flexibility index (Phi) is 10.9. The zero-order valence-electron chi connectivity index (χ0n) is 15.2. The molecule has 1 aromatic rings. The van der Waals surface area contributed by atoms with Crippen LogP contribution in [0.1, 0.15) is 27.2 Å². The molecule has 6 nitrogen and oxygen atoms in total. The van der Waals surface area contributed by atoms with Gasteiger partial charge in [0.05, 0.1) is 19.8 Å². The molecule has 0 aliphatic heterocycles. The number of rotatable bonds is 14. The van der Waals surface area contributed by atoms with Crippen LogP contribution >= 0.6 is 0 Å². The summed E-state index contributed by atoms with van der Waals surface area (Å²) < 4.78 is 28.3. The zero-order chi connectivity index (χ0) is 17.7. The van der Waals surface area contributed by atoms with Crippen LogP contribution in [0.5, 0.6) is 0 Å². The van der Waals surface area contributed by atoms with Crippen LogP contribution in [-0.2, 0) is 23.1 Å². The van der Waals surface area contributed by atoms with Crippen molar-refractivity contribution in [2.24, 2.45) is 0 Å². The number of ether oxygens (including phenoxy) is 3. The Labute approximate surface area is 147 Å². The van der Waals surface area contributed by atoms with E-state index in [1.165, 1.54) is 0 Å². The minimum absolute atomic E-state index is 0.431. The van der Waals surface area contributed by atoms with Gasteiger partial charge in [-0.2, -0.15) is 0 Å². The maximum Gasteiger partial charge on any atom is 0.404 e. The molecule has 1 N–H and O–H groups in total. The fraction of sp³-hybridized carbons (Fsp3) is 0.647. The minimum Gasteiger partial charge on any atom is -0.400 e. The molecule has 0 saturated carbocycles. The van der Waals surface area contributed by atoms with E-state index in [-0.39, 0.29) is 0 Å². The van der Waals surface area contributed by atoms with E-state index in [0.29, 0.717) is 19.8 Å². The molecule has 138 valence electrons. The van der Waals surface area contributed by atoms with Crippen molar-refractivity contribution in [3.8, 4) is 0 Å². The lowest BCUT2D eigenvalue weighted by molar-refractivity contribution is -0.473. The number of hydrogen-bond donors (Lipinski definition) is 1. The monoisotopic (exact) mass is 357 g/mol. The van der Waals surface area contributed by atoms with E-state index in [1.54, 1.807) is 7.11 Å². The molecule has 0 aromatic heterocycles. The van der Waals surface area contributed by atoms with Gasteiger partial charge in [0, 0.05) is 19.3 Å². The van der Waals surface area contributed by atoms with E-state index in [1.807, 2.05) is 51.1 Å². The van der Waals surface area contributed by atoms with Crippen LogP contribution in [0.25, 0.3) is 0 Å². The molecule has 0 aliphatic carbocycles. The Morgan fingerprint density at radius 1 is 0.958 bits per heavy atom. The van der Waals surface area contributed by atoms with Crippen LogP contribution in [-0.4, -0.2) is 48.9 Å². The molecule has 0 heterocycles. The third-order valence-electron chi connectivity index (χ3n) is 3.22. The highest BCUT2D eigenvalue weighted by atomic mass is 28.3. The maximum absolute atomic E-state index is 5.98. The van der Waals surface area contributed by atoms with E-state index in [9.17, 15) is 0 Å². The zero-order valence-corrected chi connectivity index (χ0v) is 16.4. The van der Waals surface area contributed by atoms with Gasteiger partial charge in [-0.25, -0.2) is 0 Å². The van der Waals surface area contributed by atoms with Crippen LogP contribution in [0, 0.1) is 0 Å². The fourth-order valence-electron chi connectivity index (χ4n) is 2.20. The number of anilines is 1. The van der Waals surface area contributed by atoms with Crippen LogP contribution in [0.15, 0.2) is 30.3 Å². The van der Waals surface area contributed by atoms with E-state index >= 15 is 0 Å². The van der Waals surface area contributed by atoms with Crippen LogP contribution < -0.4 is 5.32 Å². The molecule has 1 unspecified atom stereocenters. The molecule has 7 heteroatoms. The smallest absolute Gasteiger partial charge is 0.400 e. The Morgan fingerprint density at radius 2 is 1.54 bits per heavy atom. The van der Waals surface area contributed by atoms with Crippen LogP contribution in [0.4, 0.5) is 5.69 Å². The first-order valence-corrected chi connectivity index (χ1v) is 10.4. The first-order chi connectivity index (χ1) is 11.7. The average molecular weight is 358 g/mol. The number of hydrogen-bond acceptors (Lipinski definition) is 6. The van der Waals surface area contributed by atoms with Crippen molar-refractivity contribution in [1.29, 1.82) is 0 Å². The molecule has 1 atom stereocenters. The molecule has 0 fully saturated rings. The molecule has 0 saturated heterocycles. The number of para-hydroxylation sites is 1. The third-order valence-corrected chi connectivity index (χ3v) is 5.18. The lowest BCUT2D eigenvalue weighted by atomic mass is 10.3. The molecular formula is C17H31NO5Si. The molecular weight excluding hydrogens is 326 g/mol. The molecule has 1 aromatic carbocycles. The maximum atomic E-state index is 5.98. The second-order valence-electron chi connectivity index (χ2n) is 5.02. The summed E-state index contributed by atoms with van der Waals surface area (Å²) in [4.78, 5) is 0. The topological polar surface area (TPSA) is 58.2 Å². The van der Waals surface area contributed by atoms with Gasteiger partial charge in [-0.1, -0.05) is 18.2 Å². The summed E-state index contributed by atoms with van der Waals surface area (Å²) in [6.07, 6.45) is -0.516. The quantitative estimate of drug-likeness (QED) is 0.314. The summed E-state index contributed by atoms with van der Waals surface area (Å²) in [5.74, 6) is 0. The normalized spacial score (nSPS) is 13.0. The highest BCUT2D eigenvalue weighted by Gasteiger charge is 2.38. The highest BCUT2D eigenvalue weighted by molar-refractivity contribution is 6.44. The Balaban J connectivity index is 2.47. The Hall–Kier alpha value is -0.963. The summed E-state index contributed by atoms with van der Waals surface area (Å²) in [7, 11) is -0.310. The highest BCUT2D eigenvalue weighted by Crippen LogP contribution is 2.21. The molecule has 24 heavy (non-hydrogen) atoms. The van der Waals surface area contributed by atoms with Crippen molar-refractivity contribution in [2.75, 3.05) is 38.8 Å². The molecule has 1 rings (SSSR count). The van der Waals surface area contributed by atoms with Crippen molar-refractivity contribution >= 4 is 15.0 Å². The summed E-state index contributed by atoms with van der Waals surface area (Å²) in [6.45, 7) is 7.78. The van der Waals surface area contributed by atoms with Crippen LogP contribution in [0.2, 0.25) is 6.04 Å². The second-order valence-corrected chi connectivity index (χ2v) is 7.16. The second kappa shape index (κ2) is 12.4. The van der Waals surface area contributed by atoms with Gasteiger partial charge in [0.25, 0.3) is 0 Å². The Morgan fingerprint density at radius 3 is 2.04 bits per heavy atom. The van der Waals surface area contributed by atoms with Gasteiger partial charge in [0.1, 0.15) is 0 Å². The fourth-order valence-corrected chi connectivity index (χ4v) is 3.71. The Bertz CT molecular complexity index is 404. The molecule has 0 bridgehead atoms. The van der Waals surface area contributed by atoms with Gasteiger partial charge in [-0.3, -0.25) is 0 Å².